The molecule has 0 radical (unpaired) electrons. The van der Waals surface area contributed by atoms with Gasteiger partial charge in [-0.2, -0.15) is 0 Å². The van der Waals surface area contributed by atoms with Crippen molar-refractivity contribution in [3.63, 3.8) is 0 Å². The Morgan fingerprint density at radius 1 is 1.22 bits per heavy atom. The molecule has 23 heavy (non-hydrogen) atoms. The Hall–Kier alpha value is -1.96. The van der Waals surface area contributed by atoms with Crippen LogP contribution in [0, 0.1) is 0 Å². The van der Waals surface area contributed by atoms with E-state index < -0.39 is 14.6 Å². The maximum atomic E-state index is 11.7. The summed E-state index contributed by atoms with van der Waals surface area (Å²) in [5, 5.41) is 6.11. The van der Waals surface area contributed by atoms with Crippen LogP contribution in [0.4, 0.5) is 5.69 Å². The predicted molar refractivity (Wildman–Crippen MR) is 93.5 cm³/mol. The Labute approximate surface area is 138 Å². The zero-order valence-corrected chi connectivity index (χ0v) is 15.2. The van der Waals surface area contributed by atoms with Crippen LogP contribution >= 0.6 is 0 Å². The summed E-state index contributed by atoms with van der Waals surface area (Å²) in [7, 11) is 1.56. The molecule has 0 saturated carbocycles. The lowest BCUT2D eigenvalue weighted by Crippen LogP contribution is -2.45. The lowest BCUT2D eigenvalue weighted by atomic mass is 10.2. The first kappa shape index (κ1) is 19.1. The topological polar surface area (TPSA) is 89.0 Å². The number of anilines is 1. The second-order valence-corrected chi connectivity index (χ2v) is 8.30. The van der Waals surface area contributed by atoms with E-state index in [0.29, 0.717) is 17.5 Å². The van der Waals surface area contributed by atoms with Gasteiger partial charge in [0.15, 0.2) is 27.3 Å². The molecule has 130 valence electrons. The van der Waals surface area contributed by atoms with Crippen molar-refractivity contribution in [2.45, 2.75) is 18.6 Å². The van der Waals surface area contributed by atoms with Gasteiger partial charge in [0.25, 0.3) is 0 Å². The fourth-order valence-corrected chi connectivity index (χ4v) is 1.99. The predicted octanol–water partition coefficient (Wildman–Crippen LogP) is 1.51. The molecule has 7 nitrogen and oxygen atoms in total. The quantitative estimate of drug-likeness (QED) is 0.601. The van der Waals surface area contributed by atoms with E-state index in [2.05, 4.69) is 15.6 Å². The van der Waals surface area contributed by atoms with Crippen LogP contribution in [-0.2, 0) is 9.84 Å². The van der Waals surface area contributed by atoms with E-state index in [0.717, 1.165) is 5.69 Å². The first-order chi connectivity index (χ1) is 10.6. The summed E-state index contributed by atoms with van der Waals surface area (Å²) < 4.78 is 33.0. The normalized spacial score (nSPS) is 12.7. The molecule has 0 atom stereocenters. The third-order valence-electron chi connectivity index (χ3n) is 3.56. The molecule has 0 aliphatic carbocycles. The third-order valence-corrected chi connectivity index (χ3v) is 5.71. The molecule has 8 heteroatoms. The molecule has 0 heterocycles. The maximum absolute atomic E-state index is 11.7. The van der Waals surface area contributed by atoms with E-state index in [1.165, 1.54) is 6.26 Å². The van der Waals surface area contributed by atoms with Crippen LogP contribution in [0.2, 0.25) is 0 Å². The van der Waals surface area contributed by atoms with Crippen LogP contribution < -0.4 is 20.1 Å². The number of hydrogen-bond acceptors (Lipinski definition) is 5. The van der Waals surface area contributed by atoms with Gasteiger partial charge in [-0.25, -0.2) is 8.42 Å². The van der Waals surface area contributed by atoms with E-state index in [-0.39, 0.29) is 6.54 Å². The van der Waals surface area contributed by atoms with E-state index in [9.17, 15) is 8.42 Å². The van der Waals surface area contributed by atoms with Gasteiger partial charge in [0.05, 0.1) is 19.0 Å². The lowest BCUT2D eigenvalue weighted by molar-refractivity contribution is 0.355. The Morgan fingerprint density at radius 2 is 1.83 bits per heavy atom. The fraction of sp³-hybridized carbons (Fsp3) is 0.533. The first-order valence-electron chi connectivity index (χ1n) is 7.04. The van der Waals surface area contributed by atoms with Crippen LogP contribution in [0.25, 0.3) is 0 Å². The molecule has 0 bridgehead atoms. The fourth-order valence-electron chi connectivity index (χ4n) is 1.66. The molecule has 1 rings (SSSR count). The molecule has 0 aliphatic rings. The highest BCUT2D eigenvalue weighted by Gasteiger charge is 2.30. The summed E-state index contributed by atoms with van der Waals surface area (Å²) >= 11 is 0. The van der Waals surface area contributed by atoms with Crippen LogP contribution in [0.3, 0.4) is 0 Å². The first-order valence-corrected chi connectivity index (χ1v) is 8.93. The number of sulfone groups is 1. The van der Waals surface area contributed by atoms with Crippen molar-refractivity contribution in [1.29, 1.82) is 0 Å². The summed E-state index contributed by atoms with van der Waals surface area (Å²) in [5.41, 5.74) is 0.743. The SMILES string of the molecule is CN=C(NCC(C)(C)S(C)(=O)=O)Nc1ccc(OC)c(OC)c1. The number of benzene rings is 1. The number of guanidine groups is 1. The average Bonchev–Trinajstić information content (AvgIpc) is 2.49. The summed E-state index contributed by atoms with van der Waals surface area (Å²) in [6.45, 7) is 3.57. The zero-order chi connectivity index (χ0) is 17.7. The molecular weight excluding hydrogens is 318 g/mol. The van der Waals surface area contributed by atoms with Crippen LogP contribution in [0.15, 0.2) is 23.2 Å². The standard InChI is InChI=1S/C15H25N3O4S/c1-15(2,23(6,19)20)10-17-14(16-3)18-11-7-8-12(21-4)13(9-11)22-5/h7-9H,10H2,1-6H3,(H2,16,17,18). The van der Waals surface area contributed by atoms with Crippen molar-refractivity contribution in [3.8, 4) is 11.5 Å². The molecule has 0 spiro atoms. The second kappa shape index (κ2) is 7.54. The molecule has 0 aliphatic heterocycles. The lowest BCUT2D eigenvalue weighted by Gasteiger charge is -2.24. The molecule has 0 unspecified atom stereocenters. The van der Waals surface area contributed by atoms with Gasteiger partial charge in [-0.1, -0.05) is 0 Å². The minimum atomic E-state index is -3.18. The van der Waals surface area contributed by atoms with E-state index in [1.54, 1.807) is 47.2 Å². The number of methoxy groups -OCH3 is 2. The monoisotopic (exact) mass is 343 g/mol. The zero-order valence-electron chi connectivity index (χ0n) is 14.4. The number of nitrogens with zero attached hydrogens (tertiary/aromatic N) is 1. The van der Waals surface area contributed by atoms with E-state index in [4.69, 9.17) is 9.47 Å². The van der Waals surface area contributed by atoms with E-state index >= 15 is 0 Å². The van der Waals surface area contributed by atoms with Crippen molar-refractivity contribution in [1.82, 2.24) is 5.32 Å². The highest BCUT2D eigenvalue weighted by molar-refractivity contribution is 7.92. The molecule has 1 aromatic rings. The average molecular weight is 343 g/mol. The minimum absolute atomic E-state index is 0.235. The Morgan fingerprint density at radius 3 is 2.30 bits per heavy atom. The van der Waals surface area contributed by atoms with Gasteiger partial charge in [-0.05, 0) is 26.0 Å². The maximum Gasteiger partial charge on any atom is 0.195 e. The molecule has 0 aromatic heterocycles. The highest BCUT2D eigenvalue weighted by atomic mass is 32.2. The van der Waals surface area contributed by atoms with Gasteiger partial charge in [0.2, 0.25) is 0 Å². The third kappa shape index (κ3) is 5.02. The van der Waals surface area contributed by atoms with Gasteiger partial charge < -0.3 is 20.1 Å². The van der Waals surface area contributed by atoms with Crippen molar-refractivity contribution in [3.05, 3.63) is 18.2 Å². The number of nitrogens with one attached hydrogen (secondary N) is 2. The number of hydrogen-bond donors (Lipinski definition) is 2. The van der Waals surface area contributed by atoms with Crippen LogP contribution in [0.5, 0.6) is 11.5 Å². The Kier molecular flexibility index (Phi) is 6.26. The molecular formula is C15H25N3O4S. The van der Waals surface area contributed by atoms with Gasteiger partial charge >= 0.3 is 0 Å². The van der Waals surface area contributed by atoms with Gasteiger partial charge in [0, 0.05) is 31.6 Å². The van der Waals surface area contributed by atoms with Crippen LogP contribution in [-0.4, -0.2) is 53.2 Å². The Balaban J connectivity index is 2.82. The Bertz CT molecular complexity index is 669. The number of aliphatic imine (C=N–C) groups is 1. The largest absolute Gasteiger partial charge is 0.493 e. The summed E-state index contributed by atoms with van der Waals surface area (Å²) in [5.74, 6) is 1.68. The highest BCUT2D eigenvalue weighted by Crippen LogP contribution is 2.29. The van der Waals surface area contributed by atoms with E-state index in [1.807, 2.05) is 6.07 Å². The summed E-state index contributed by atoms with van der Waals surface area (Å²) in [4.78, 5) is 4.09. The summed E-state index contributed by atoms with van der Waals surface area (Å²) in [6.07, 6.45) is 1.22. The van der Waals surface area contributed by atoms with Gasteiger partial charge in [0.1, 0.15) is 0 Å². The molecule has 2 N–H and O–H groups in total. The second-order valence-electron chi connectivity index (χ2n) is 5.65. The van der Waals surface area contributed by atoms with Crippen molar-refractivity contribution >= 4 is 21.5 Å². The van der Waals surface area contributed by atoms with Crippen molar-refractivity contribution in [2.75, 3.05) is 39.4 Å². The van der Waals surface area contributed by atoms with Gasteiger partial charge in [-0.3, -0.25) is 4.99 Å². The number of rotatable bonds is 6. The smallest absolute Gasteiger partial charge is 0.195 e. The van der Waals surface area contributed by atoms with Gasteiger partial charge in [-0.15, -0.1) is 0 Å². The molecule has 0 saturated heterocycles. The molecule has 1 aromatic carbocycles. The molecule has 0 fully saturated rings. The summed E-state index contributed by atoms with van der Waals surface area (Å²) in [6, 6.07) is 5.36. The van der Waals surface area contributed by atoms with Crippen molar-refractivity contribution in [2.24, 2.45) is 4.99 Å². The number of ether oxygens (including phenoxy) is 2. The van der Waals surface area contributed by atoms with Crippen LogP contribution in [0.1, 0.15) is 13.8 Å². The van der Waals surface area contributed by atoms with Crippen molar-refractivity contribution < 1.29 is 17.9 Å². The minimum Gasteiger partial charge on any atom is -0.493 e. The molecule has 0 amide bonds.